The Kier molecular flexibility index (Phi) is 3.49. The van der Waals surface area contributed by atoms with E-state index in [1.807, 2.05) is 13.0 Å². The van der Waals surface area contributed by atoms with Crippen LogP contribution in [-0.2, 0) is 11.2 Å². The first-order valence-corrected chi connectivity index (χ1v) is 6.17. The minimum absolute atomic E-state index is 0.0550. The molecular formula is C13H16ClNO. The Labute approximate surface area is 101 Å². The number of halogens is 1. The van der Waals surface area contributed by atoms with Gasteiger partial charge in [0.1, 0.15) is 0 Å². The van der Waals surface area contributed by atoms with E-state index in [4.69, 9.17) is 11.6 Å². The third-order valence-electron chi connectivity index (χ3n) is 3.16. The fourth-order valence-electron chi connectivity index (χ4n) is 2.01. The average Bonchev–Trinajstić information content (AvgIpc) is 2.29. The van der Waals surface area contributed by atoms with Crippen LogP contribution in [0.25, 0.3) is 0 Å². The third kappa shape index (κ3) is 2.22. The maximum absolute atomic E-state index is 11.5. The van der Waals surface area contributed by atoms with Gasteiger partial charge in [-0.25, -0.2) is 0 Å². The van der Waals surface area contributed by atoms with E-state index < -0.39 is 0 Å². The smallest absolute Gasteiger partial charge is 0.224 e. The molecule has 2 atom stereocenters. The summed E-state index contributed by atoms with van der Waals surface area (Å²) >= 11 is 5.63. The first kappa shape index (κ1) is 11.5. The van der Waals surface area contributed by atoms with E-state index in [1.165, 1.54) is 11.1 Å². The molecule has 16 heavy (non-hydrogen) atoms. The second-order valence-corrected chi connectivity index (χ2v) is 4.71. The van der Waals surface area contributed by atoms with Crippen LogP contribution in [0.15, 0.2) is 24.3 Å². The molecule has 1 amide bonds. The summed E-state index contributed by atoms with van der Waals surface area (Å²) in [6.45, 7) is 2.58. The Balaban J connectivity index is 1.84. The Morgan fingerprint density at radius 3 is 3.00 bits per heavy atom. The number of amides is 1. The molecule has 0 aromatic heterocycles. The van der Waals surface area contributed by atoms with Crippen LogP contribution in [0.4, 0.5) is 0 Å². The highest BCUT2D eigenvalue weighted by molar-refractivity contribution is 6.19. The summed E-state index contributed by atoms with van der Waals surface area (Å²) in [5, 5.41) is 2.95. The van der Waals surface area contributed by atoms with E-state index in [0.717, 1.165) is 13.0 Å². The lowest BCUT2D eigenvalue weighted by atomic mass is 9.77. The molecule has 0 fully saturated rings. The zero-order chi connectivity index (χ0) is 11.5. The van der Waals surface area contributed by atoms with Crippen molar-refractivity contribution in [1.82, 2.24) is 5.32 Å². The number of benzene rings is 1. The standard InChI is InChI=1S/C13H16ClNO/c1-9(7-14)13(16)15-8-11-6-10-4-2-3-5-12(10)11/h2-5,9,11H,6-8H2,1H3,(H,15,16). The van der Waals surface area contributed by atoms with Crippen molar-refractivity contribution < 1.29 is 4.79 Å². The van der Waals surface area contributed by atoms with Gasteiger partial charge in [-0.2, -0.15) is 0 Å². The van der Waals surface area contributed by atoms with Gasteiger partial charge in [0.15, 0.2) is 0 Å². The monoisotopic (exact) mass is 237 g/mol. The fourth-order valence-corrected chi connectivity index (χ4v) is 2.15. The van der Waals surface area contributed by atoms with Crippen molar-refractivity contribution in [1.29, 1.82) is 0 Å². The van der Waals surface area contributed by atoms with E-state index in [2.05, 4.69) is 23.5 Å². The lowest BCUT2D eigenvalue weighted by molar-refractivity contribution is -0.123. The molecule has 2 rings (SSSR count). The maximum Gasteiger partial charge on any atom is 0.224 e. The minimum atomic E-state index is -0.100. The summed E-state index contributed by atoms with van der Waals surface area (Å²) in [7, 11) is 0. The summed E-state index contributed by atoms with van der Waals surface area (Å²) < 4.78 is 0. The number of carbonyl (C=O) groups excluding carboxylic acids is 1. The summed E-state index contributed by atoms with van der Waals surface area (Å²) in [4.78, 5) is 11.5. The summed E-state index contributed by atoms with van der Waals surface area (Å²) in [6, 6.07) is 8.40. The molecule has 1 aliphatic rings. The molecule has 86 valence electrons. The molecule has 0 saturated heterocycles. The zero-order valence-corrected chi connectivity index (χ0v) is 10.1. The molecule has 1 aliphatic carbocycles. The molecule has 1 aromatic rings. The van der Waals surface area contributed by atoms with Gasteiger partial charge in [0.2, 0.25) is 5.91 Å². The molecule has 1 N–H and O–H groups in total. The molecular weight excluding hydrogens is 222 g/mol. The molecule has 0 bridgehead atoms. The third-order valence-corrected chi connectivity index (χ3v) is 3.63. The van der Waals surface area contributed by atoms with Crippen LogP contribution < -0.4 is 5.32 Å². The van der Waals surface area contributed by atoms with Crippen LogP contribution in [0.2, 0.25) is 0 Å². The van der Waals surface area contributed by atoms with Crippen LogP contribution in [-0.4, -0.2) is 18.3 Å². The lowest BCUT2D eigenvalue weighted by Gasteiger charge is -2.30. The average molecular weight is 238 g/mol. The number of rotatable bonds is 4. The van der Waals surface area contributed by atoms with Crippen LogP contribution >= 0.6 is 11.6 Å². The quantitative estimate of drug-likeness (QED) is 0.801. The highest BCUT2D eigenvalue weighted by atomic mass is 35.5. The van der Waals surface area contributed by atoms with Gasteiger partial charge in [0, 0.05) is 24.3 Å². The van der Waals surface area contributed by atoms with Gasteiger partial charge >= 0.3 is 0 Å². The molecule has 3 heteroatoms. The maximum atomic E-state index is 11.5. The van der Waals surface area contributed by atoms with Gasteiger partial charge in [-0.05, 0) is 17.5 Å². The number of hydrogen-bond acceptors (Lipinski definition) is 1. The molecule has 2 nitrogen and oxygen atoms in total. The van der Waals surface area contributed by atoms with Gasteiger partial charge in [-0.15, -0.1) is 11.6 Å². The van der Waals surface area contributed by atoms with Crippen LogP contribution in [0.5, 0.6) is 0 Å². The molecule has 0 heterocycles. The van der Waals surface area contributed by atoms with Crippen LogP contribution in [0.3, 0.4) is 0 Å². The summed E-state index contributed by atoms with van der Waals surface area (Å²) in [5.74, 6) is 0.826. The molecule has 0 spiro atoms. The van der Waals surface area contributed by atoms with E-state index in [0.29, 0.717) is 11.8 Å². The van der Waals surface area contributed by atoms with E-state index in [1.54, 1.807) is 0 Å². The molecule has 0 radical (unpaired) electrons. The molecule has 0 saturated carbocycles. The Morgan fingerprint density at radius 1 is 1.56 bits per heavy atom. The SMILES string of the molecule is CC(CCl)C(=O)NCC1Cc2ccccc21. The van der Waals surface area contributed by atoms with Gasteiger partial charge in [0.05, 0.1) is 0 Å². The number of nitrogens with one attached hydrogen (secondary N) is 1. The zero-order valence-electron chi connectivity index (χ0n) is 9.37. The van der Waals surface area contributed by atoms with Crippen molar-refractivity contribution in [2.45, 2.75) is 19.3 Å². The second kappa shape index (κ2) is 4.88. The van der Waals surface area contributed by atoms with Crippen molar-refractivity contribution in [3.63, 3.8) is 0 Å². The number of carbonyl (C=O) groups is 1. The predicted molar refractivity (Wildman–Crippen MR) is 65.8 cm³/mol. The van der Waals surface area contributed by atoms with Gasteiger partial charge in [0.25, 0.3) is 0 Å². The normalized spacial score (nSPS) is 19.5. The summed E-state index contributed by atoms with van der Waals surface area (Å²) in [6.07, 6.45) is 1.08. The predicted octanol–water partition coefficient (Wildman–Crippen LogP) is 2.32. The van der Waals surface area contributed by atoms with Crippen LogP contribution in [0, 0.1) is 5.92 Å². The second-order valence-electron chi connectivity index (χ2n) is 4.40. The topological polar surface area (TPSA) is 29.1 Å². The van der Waals surface area contributed by atoms with Gasteiger partial charge in [-0.3, -0.25) is 4.79 Å². The number of hydrogen-bond donors (Lipinski definition) is 1. The Bertz CT molecular complexity index is 391. The largest absolute Gasteiger partial charge is 0.355 e. The van der Waals surface area contributed by atoms with Crippen molar-refractivity contribution >= 4 is 17.5 Å². The Hall–Kier alpha value is -1.02. The first-order valence-electron chi connectivity index (χ1n) is 5.64. The molecule has 1 aromatic carbocycles. The highest BCUT2D eigenvalue weighted by Gasteiger charge is 2.25. The number of fused-ring (bicyclic) bond motifs is 1. The van der Waals surface area contributed by atoms with E-state index >= 15 is 0 Å². The van der Waals surface area contributed by atoms with Crippen molar-refractivity contribution in [3.05, 3.63) is 35.4 Å². The van der Waals surface area contributed by atoms with Crippen molar-refractivity contribution in [2.24, 2.45) is 5.92 Å². The highest BCUT2D eigenvalue weighted by Crippen LogP contribution is 2.33. The van der Waals surface area contributed by atoms with Gasteiger partial charge in [-0.1, -0.05) is 31.2 Å². The molecule has 0 aliphatic heterocycles. The van der Waals surface area contributed by atoms with Gasteiger partial charge < -0.3 is 5.32 Å². The Morgan fingerprint density at radius 2 is 2.31 bits per heavy atom. The molecule has 2 unspecified atom stereocenters. The lowest BCUT2D eigenvalue weighted by Crippen LogP contribution is -2.36. The fraction of sp³-hybridized carbons (Fsp3) is 0.462. The summed E-state index contributed by atoms with van der Waals surface area (Å²) in [5.41, 5.74) is 2.79. The minimum Gasteiger partial charge on any atom is -0.355 e. The first-order chi connectivity index (χ1) is 7.72. The van der Waals surface area contributed by atoms with E-state index in [-0.39, 0.29) is 11.8 Å². The van der Waals surface area contributed by atoms with Crippen molar-refractivity contribution in [3.8, 4) is 0 Å². The van der Waals surface area contributed by atoms with Crippen LogP contribution in [0.1, 0.15) is 24.0 Å². The van der Waals surface area contributed by atoms with E-state index in [9.17, 15) is 4.79 Å². The van der Waals surface area contributed by atoms with Crippen molar-refractivity contribution in [2.75, 3.05) is 12.4 Å². The number of alkyl halides is 1.